The minimum Gasteiger partial charge on any atom is -0.349 e. The van der Waals surface area contributed by atoms with Gasteiger partial charge in [-0.25, -0.2) is 0 Å². The molecule has 2 atom stereocenters. The first-order valence-corrected chi connectivity index (χ1v) is 9.53. The largest absolute Gasteiger partial charge is 0.349 e. The Morgan fingerprint density at radius 3 is 2.24 bits per heavy atom. The van der Waals surface area contributed by atoms with Gasteiger partial charge in [-0.05, 0) is 60.8 Å². The Morgan fingerprint density at radius 2 is 1.56 bits per heavy atom. The summed E-state index contributed by atoms with van der Waals surface area (Å²) < 4.78 is 0. The Morgan fingerprint density at radius 1 is 0.880 bits per heavy atom. The van der Waals surface area contributed by atoms with E-state index in [0.29, 0.717) is 0 Å². The van der Waals surface area contributed by atoms with Crippen LogP contribution in [-0.2, 0) is 17.6 Å². The zero-order valence-corrected chi connectivity index (χ0v) is 15.6. The van der Waals surface area contributed by atoms with E-state index in [1.165, 1.54) is 42.4 Å². The first-order valence-electron chi connectivity index (χ1n) is 9.53. The minimum atomic E-state index is -0.110. The van der Waals surface area contributed by atoms with Crippen molar-refractivity contribution >= 4 is 5.91 Å². The molecule has 0 saturated carbocycles. The number of hydrogen-bond acceptors (Lipinski definition) is 1. The van der Waals surface area contributed by atoms with Gasteiger partial charge in [0.2, 0.25) is 5.91 Å². The maximum atomic E-state index is 12.9. The molecule has 0 spiro atoms. The lowest BCUT2D eigenvalue weighted by Crippen LogP contribution is -2.34. The molecule has 132 valence electrons. The number of carbonyl (C=O) groups excluding carboxylic acids is 1. The Hall–Kier alpha value is -2.09. The second-order valence-corrected chi connectivity index (χ2v) is 7.60. The molecule has 0 heterocycles. The molecule has 1 N–H and O–H groups in total. The molecule has 0 unspecified atom stereocenters. The van der Waals surface area contributed by atoms with Crippen molar-refractivity contribution in [3.05, 3.63) is 70.8 Å². The van der Waals surface area contributed by atoms with Crippen molar-refractivity contribution in [2.45, 2.75) is 58.4 Å². The second kappa shape index (κ2) is 7.86. The average molecular weight is 335 g/mol. The molecule has 2 heteroatoms. The Kier molecular flexibility index (Phi) is 5.57. The molecule has 0 aromatic heterocycles. The smallest absolute Gasteiger partial charge is 0.228 e. The van der Waals surface area contributed by atoms with Crippen molar-refractivity contribution in [1.29, 1.82) is 0 Å². The van der Waals surface area contributed by atoms with Gasteiger partial charge < -0.3 is 5.32 Å². The Balaban J connectivity index is 1.75. The van der Waals surface area contributed by atoms with Crippen LogP contribution in [0.1, 0.15) is 67.8 Å². The van der Waals surface area contributed by atoms with Crippen LogP contribution in [0.2, 0.25) is 0 Å². The van der Waals surface area contributed by atoms with Crippen LogP contribution in [-0.4, -0.2) is 5.91 Å². The summed E-state index contributed by atoms with van der Waals surface area (Å²) in [6, 6.07) is 16.9. The third-order valence-electron chi connectivity index (χ3n) is 5.34. The van der Waals surface area contributed by atoms with Crippen LogP contribution in [0.5, 0.6) is 0 Å². The highest BCUT2D eigenvalue weighted by Gasteiger charge is 2.25. The van der Waals surface area contributed by atoms with Crippen molar-refractivity contribution in [3.63, 3.8) is 0 Å². The average Bonchev–Trinajstić information content (AvgIpc) is 2.62. The van der Waals surface area contributed by atoms with Gasteiger partial charge in [-0.2, -0.15) is 0 Å². The van der Waals surface area contributed by atoms with Gasteiger partial charge in [-0.3, -0.25) is 4.79 Å². The third-order valence-corrected chi connectivity index (χ3v) is 5.34. The fraction of sp³-hybridized carbons (Fsp3) is 0.435. The number of fused-ring (bicyclic) bond motifs is 1. The van der Waals surface area contributed by atoms with Gasteiger partial charge in [0.15, 0.2) is 0 Å². The lowest BCUT2D eigenvalue weighted by molar-refractivity contribution is -0.124. The molecule has 25 heavy (non-hydrogen) atoms. The summed E-state index contributed by atoms with van der Waals surface area (Å²) in [5.41, 5.74) is 5.25. The number of carbonyl (C=O) groups is 1. The summed E-state index contributed by atoms with van der Waals surface area (Å²) in [4.78, 5) is 12.9. The van der Waals surface area contributed by atoms with E-state index in [4.69, 9.17) is 0 Å². The van der Waals surface area contributed by atoms with E-state index < -0.39 is 0 Å². The van der Waals surface area contributed by atoms with Gasteiger partial charge in [0.05, 0.1) is 12.0 Å². The summed E-state index contributed by atoms with van der Waals surface area (Å²) >= 11 is 0. The summed E-state index contributed by atoms with van der Waals surface area (Å²) in [7, 11) is 0. The predicted molar refractivity (Wildman–Crippen MR) is 104 cm³/mol. The summed E-state index contributed by atoms with van der Waals surface area (Å²) in [6.45, 7) is 6.31. The van der Waals surface area contributed by atoms with E-state index >= 15 is 0 Å². The molecule has 2 aromatic carbocycles. The maximum Gasteiger partial charge on any atom is 0.228 e. The van der Waals surface area contributed by atoms with Crippen LogP contribution in [0, 0.1) is 5.92 Å². The predicted octanol–water partition coefficient (Wildman–Crippen LogP) is 5.18. The summed E-state index contributed by atoms with van der Waals surface area (Å²) in [6.07, 6.45) is 4.94. The van der Waals surface area contributed by atoms with E-state index in [-0.39, 0.29) is 23.8 Å². The van der Waals surface area contributed by atoms with Crippen molar-refractivity contribution in [3.8, 4) is 0 Å². The molecule has 0 fully saturated rings. The first-order chi connectivity index (χ1) is 12.1. The van der Waals surface area contributed by atoms with E-state index in [1.54, 1.807) is 0 Å². The molecule has 3 rings (SSSR count). The third kappa shape index (κ3) is 4.12. The molecule has 1 aliphatic carbocycles. The highest BCUT2D eigenvalue weighted by molar-refractivity contribution is 5.84. The van der Waals surface area contributed by atoms with Crippen LogP contribution in [0.3, 0.4) is 0 Å². The maximum absolute atomic E-state index is 12.9. The number of hydrogen-bond donors (Lipinski definition) is 1. The van der Waals surface area contributed by atoms with Crippen LogP contribution in [0.25, 0.3) is 0 Å². The van der Waals surface area contributed by atoms with Gasteiger partial charge in [0.25, 0.3) is 0 Å². The van der Waals surface area contributed by atoms with E-state index in [1.807, 2.05) is 30.3 Å². The monoisotopic (exact) mass is 335 g/mol. The zero-order valence-electron chi connectivity index (χ0n) is 15.6. The number of amides is 1. The molecule has 1 amide bonds. The number of nitrogens with one attached hydrogen (secondary N) is 1. The molecule has 0 radical (unpaired) electrons. The zero-order chi connectivity index (χ0) is 17.8. The van der Waals surface area contributed by atoms with E-state index in [0.717, 1.165) is 5.56 Å². The van der Waals surface area contributed by atoms with Gasteiger partial charge in [-0.15, -0.1) is 0 Å². The van der Waals surface area contributed by atoms with Crippen molar-refractivity contribution in [1.82, 2.24) is 5.32 Å². The van der Waals surface area contributed by atoms with Crippen LogP contribution in [0.15, 0.2) is 48.5 Å². The van der Waals surface area contributed by atoms with Crippen molar-refractivity contribution < 1.29 is 4.79 Å². The molecular weight excluding hydrogens is 306 g/mol. The molecular formula is C23H29NO. The molecule has 0 saturated heterocycles. The van der Waals surface area contributed by atoms with Crippen LogP contribution < -0.4 is 5.32 Å². The highest BCUT2D eigenvalue weighted by atomic mass is 16.1. The molecule has 0 aliphatic heterocycles. The van der Waals surface area contributed by atoms with Gasteiger partial charge >= 0.3 is 0 Å². The first kappa shape index (κ1) is 17.7. The minimum absolute atomic E-state index is 0.0321. The van der Waals surface area contributed by atoms with Gasteiger partial charge in [0.1, 0.15) is 0 Å². The fourth-order valence-electron chi connectivity index (χ4n) is 3.91. The van der Waals surface area contributed by atoms with Crippen molar-refractivity contribution in [2.75, 3.05) is 0 Å². The summed E-state index contributed by atoms with van der Waals surface area (Å²) in [5, 5.41) is 3.24. The second-order valence-electron chi connectivity index (χ2n) is 7.60. The summed E-state index contributed by atoms with van der Waals surface area (Å²) in [5.74, 6) is 0.269. The van der Waals surface area contributed by atoms with E-state index in [9.17, 15) is 4.79 Å². The normalized spacial score (nSPS) is 16.2. The molecule has 2 aromatic rings. The highest BCUT2D eigenvalue weighted by Crippen LogP contribution is 2.27. The van der Waals surface area contributed by atoms with Crippen LogP contribution >= 0.6 is 0 Å². The topological polar surface area (TPSA) is 29.1 Å². The standard InChI is InChI=1S/C23H29NO/c1-16(2)22(19-10-5-4-6-11-19)23(25)24-17(3)20-14-13-18-9-7-8-12-21(18)15-20/h4-6,10-11,13-17,22H,7-9,12H2,1-3H3,(H,24,25)/t17-,22+/m0/s1. The SMILES string of the molecule is CC(C)[C@@H](C(=O)N[C@@H](C)c1ccc2c(c1)CCCC2)c1ccccc1. The van der Waals surface area contributed by atoms with Gasteiger partial charge in [-0.1, -0.05) is 62.4 Å². The van der Waals surface area contributed by atoms with E-state index in [2.05, 4.69) is 44.3 Å². The number of aryl methyl sites for hydroxylation is 2. The fourth-order valence-corrected chi connectivity index (χ4v) is 3.91. The lowest BCUT2D eigenvalue weighted by atomic mass is 9.87. The quantitative estimate of drug-likeness (QED) is 0.801. The molecule has 1 aliphatic rings. The Bertz CT molecular complexity index is 720. The number of benzene rings is 2. The lowest BCUT2D eigenvalue weighted by Gasteiger charge is -2.24. The van der Waals surface area contributed by atoms with Crippen molar-refractivity contribution in [2.24, 2.45) is 5.92 Å². The number of rotatable bonds is 5. The molecule has 2 nitrogen and oxygen atoms in total. The van der Waals surface area contributed by atoms with Crippen LogP contribution in [0.4, 0.5) is 0 Å². The van der Waals surface area contributed by atoms with Gasteiger partial charge in [0, 0.05) is 0 Å². The Labute approximate surface area is 151 Å². The molecule has 0 bridgehead atoms.